The standard InChI is InChI=1S/C29H34N4O6/c1-17-10-11-20(25(14-17)39-3)15-30-27(36)23(31-18(2)34)9-5-7-19-6-4-8-21-22(19)16-33(29(21)38)24-12-13-26(35)32-28(24)37/h4,6,8,10-11,14,23-24H,5,7,9,12-13,15-16H2,1-3H3,(H,30,36)(H,31,34)(H,32,35,37)/t23-,24?/m0/s1. The van der Waals surface area contributed by atoms with Crippen LogP contribution >= 0.6 is 0 Å². The molecule has 1 unspecified atom stereocenters. The van der Waals surface area contributed by atoms with Gasteiger partial charge in [0.25, 0.3) is 5.91 Å². The Morgan fingerprint density at radius 2 is 1.95 bits per heavy atom. The molecule has 4 rings (SSSR count). The number of ether oxygens (including phenoxy) is 1. The van der Waals surface area contributed by atoms with Crippen molar-refractivity contribution in [2.75, 3.05) is 7.11 Å². The van der Waals surface area contributed by atoms with E-state index in [1.165, 1.54) is 11.8 Å². The molecule has 39 heavy (non-hydrogen) atoms. The van der Waals surface area contributed by atoms with Crippen LogP contribution in [0.4, 0.5) is 0 Å². The molecule has 0 aliphatic carbocycles. The van der Waals surface area contributed by atoms with Gasteiger partial charge in [0.1, 0.15) is 17.8 Å². The largest absolute Gasteiger partial charge is 0.496 e. The first kappa shape index (κ1) is 27.8. The SMILES string of the molecule is COc1cc(C)ccc1CNC(=O)[C@H](CCCc1cccc2c1CN(C1CCC(=O)NC1=O)C2=O)NC(C)=O. The second-order valence-corrected chi connectivity index (χ2v) is 10.0. The number of rotatable bonds is 10. The fourth-order valence-corrected chi connectivity index (χ4v) is 5.20. The maximum Gasteiger partial charge on any atom is 0.255 e. The lowest BCUT2D eigenvalue weighted by Crippen LogP contribution is -2.52. The van der Waals surface area contributed by atoms with Crippen molar-refractivity contribution in [1.29, 1.82) is 0 Å². The fraction of sp³-hybridized carbons (Fsp3) is 0.414. The molecule has 5 amide bonds. The van der Waals surface area contributed by atoms with E-state index in [-0.39, 0.29) is 36.6 Å². The van der Waals surface area contributed by atoms with Gasteiger partial charge in [-0.05, 0) is 61.4 Å². The summed E-state index contributed by atoms with van der Waals surface area (Å²) in [6.07, 6.45) is 2.10. The summed E-state index contributed by atoms with van der Waals surface area (Å²) in [6, 6.07) is 9.87. The molecule has 2 aliphatic rings. The molecule has 2 heterocycles. The van der Waals surface area contributed by atoms with Gasteiger partial charge in [0.05, 0.1) is 7.11 Å². The van der Waals surface area contributed by atoms with E-state index in [0.717, 1.165) is 22.3 Å². The summed E-state index contributed by atoms with van der Waals surface area (Å²) in [5.41, 5.74) is 4.26. The van der Waals surface area contributed by atoms with Gasteiger partial charge in [0.2, 0.25) is 23.6 Å². The quantitative estimate of drug-likeness (QED) is 0.399. The number of nitrogens with one attached hydrogen (secondary N) is 3. The Balaban J connectivity index is 1.38. The van der Waals surface area contributed by atoms with Gasteiger partial charge in [0, 0.05) is 37.6 Å². The maximum absolute atomic E-state index is 13.1. The van der Waals surface area contributed by atoms with E-state index in [1.807, 2.05) is 37.3 Å². The summed E-state index contributed by atoms with van der Waals surface area (Å²) in [6.45, 7) is 3.90. The van der Waals surface area contributed by atoms with Crippen LogP contribution in [0.5, 0.6) is 5.75 Å². The second kappa shape index (κ2) is 12.1. The van der Waals surface area contributed by atoms with E-state index in [2.05, 4.69) is 16.0 Å². The third-order valence-electron chi connectivity index (χ3n) is 7.21. The van der Waals surface area contributed by atoms with Crippen molar-refractivity contribution in [2.24, 2.45) is 0 Å². The summed E-state index contributed by atoms with van der Waals surface area (Å²) >= 11 is 0. The van der Waals surface area contributed by atoms with Crippen LogP contribution in [-0.2, 0) is 38.7 Å². The highest BCUT2D eigenvalue weighted by Gasteiger charge is 2.39. The molecule has 2 aromatic rings. The van der Waals surface area contributed by atoms with Crippen LogP contribution in [0.15, 0.2) is 36.4 Å². The van der Waals surface area contributed by atoms with Crippen LogP contribution in [0, 0.1) is 6.92 Å². The average Bonchev–Trinajstić information content (AvgIpc) is 3.23. The monoisotopic (exact) mass is 534 g/mol. The molecule has 3 N–H and O–H groups in total. The summed E-state index contributed by atoms with van der Waals surface area (Å²) in [4.78, 5) is 63.3. The number of imide groups is 1. The molecule has 10 heteroatoms. The van der Waals surface area contributed by atoms with Gasteiger partial charge >= 0.3 is 0 Å². The molecular weight excluding hydrogens is 500 g/mol. The minimum Gasteiger partial charge on any atom is -0.496 e. The predicted octanol–water partition coefficient (Wildman–Crippen LogP) is 1.91. The summed E-state index contributed by atoms with van der Waals surface area (Å²) < 4.78 is 5.41. The van der Waals surface area contributed by atoms with E-state index in [0.29, 0.717) is 43.5 Å². The number of piperidine rings is 1. The molecule has 2 aliphatic heterocycles. The van der Waals surface area contributed by atoms with E-state index in [4.69, 9.17) is 4.74 Å². The Morgan fingerprint density at radius 3 is 2.67 bits per heavy atom. The number of hydrogen-bond donors (Lipinski definition) is 3. The number of carbonyl (C=O) groups is 5. The summed E-state index contributed by atoms with van der Waals surface area (Å²) in [7, 11) is 1.58. The van der Waals surface area contributed by atoms with E-state index in [1.54, 1.807) is 13.2 Å². The summed E-state index contributed by atoms with van der Waals surface area (Å²) in [5.74, 6) is -0.883. The molecule has 1 saturated heterocycles. The molecule has 0 spiro atoms. The molecule has 1 fully saturated rings. The Kier molecular flexibility index (Phi) is 8.63. The number of benzene rings is 2. The number of carbonyl (C=O) groups excluding carboxylic acids is 5. The number of methoxy groups -OCH3 is 1. The number of aryl methyl sites for hydroxylation is 2. The maximum atomic E-state index is 13.1. The average molecular weight is 535 g/mol. The van der Waals surface area contributed by atoms with Crippen molar-refractivity contribution in [1.82, 2.24) is 20.9 Å². The highest BCUT2D eigenvalue weighted by molar-refractivity contribution is 6.05. The topological polar surface area (TPSA) is 134 Å². The number of fused-ring (bicyclic) bond motifs is 1. The third kappa shape index (κ3) is 6.45. The van der Waals surface area contributed by atoms with Crippen LogP contribution in [0.2, 0.25) is 0 Å². The highest BCUT2D eigenvalue weighted by Crippen LogP contribution is 2.30. The van der Waals surface area contributed by atoms with E-state index >= 15 is 0 Å². The van der Waals surface area contributed by atoms with Crippen LogP contribution in [0.1, 0.15) is 65.2 Å². The van der Waals surface area contributed by atoms with Gasteiger partial charge in [0.15, 0.2) is 0 Å². The molecule has 2 aromatic carbocycles. The summed E-state index contributed by atoms with van der Waals surface area (Å²) in [5, 5.41) is 7.96. The zero-order valence-electron chi connectivity index (χ0n) is 22.5. The first-order valence-corrected chi connectivity index (χ1v) is 13.1. The molecular formula is C29H34N4O6. The molecule has 10 nitrogen and oxygen atoms in total. The Hall–Kier alpha value is -4.21. The van der Waals surface area contributed by atoms with Gasteiger partial charge in [-0.3, -0.25) is 29.3 Å². The zero-order chi connectivity index (χ0) is 28.1. The Labute approximate surface area is 227 Å². The fourth-order valence-electron chi connectivity index (χ4n) is 5.20. The molecule has 2 atom stereocenters. The van der Waals surface area contributed by atoms with Crippen molar-refractivity contribution in [2.45, 2.75) is 71.1 Å². The number of nitrogens with zero attached hydrogens (tertiary/aromatic N) is 1. The lowest BCUT2D eigenvalue weighted by molar-refractivity contribution is -0.137. The normalized spacial score (nSPS) is 17.4. The molecule has 0 aromatic heterocycles. The molecule has 0 saturated carbocycles. The van der Waals surface area contributed by atoms with Gasteiger partial charge in [-0.25, -0.2) is 0 Å². The van der Waals surface area contributed by atoms with Crippen molar-refractivity contribution in [3.63, 3.8) is 0 Å². The van der Waals surface area contributed by atoms with Crippen molar-refractivity contribution in [3.8, 4) is 5.75 Å². The lowest BCUT2D eigenvalue weighted by atomic mass is 9.97. The van der Waals surface area contributed by atoms with Gasteiger partial charge in [-0.2, -0.15) is 0 Å². The molecule has 0 radical (unpaired) electrons. The van der Waals surface area contributed by atoms with Crippen LogP contribution in [0.3, 0.4) is 0 Å². The Morgan fingerprint density at radius 1 is 1.15 bits per heavy atom. The first-order valence-electron chi connectivity index (χ1n) is 13.1. The third-order valence-corrected chi connectivity index (χ3v) is 7.21. The molecule has 0 bridgehead atoms. The number of hydrogen-bond acceptors (Lipinski definition) is 6. The lowest BCUT2D eigenvalue weighted by Gasteiger charge is -2.29. The van der Waals surface area contributed by atoms with Gasteiger partial charge in [-0.15, -0.1) is 0 Å². The van der Waals surface area contributed by atoms with Crippen LogP contribution < -0.4 is 20.7 Å². The van der Waals surface area contributed by atoms with Crippen LogP contribution in [0.25, 0.3) is 0 Å². The number of amides is 5. The van der Waals surface area contributed by atoms with Crippen LogP contribution in [-0.4, -0.2) is 53.6 Å². The van der Waals surface area contributed by atoms with Gasteiger partial charge < -0.3 is 20.3 Å². The minimum atomic E-state index is -0.711. The minimum absolute atomic E-state index is 0.201. The van der Waals surface area contributed by atoms with E-state index in [9.17, 15) is 24.0 Å². The highest BCUT2D eigenvalue weighted by atomic mass is 16.5. The van der Waals surface area contributed by atoms with Crippen molar-refractivity contribution < 1.29 is 28.7 Å². The van der Waals surface area contributed by atoms with E-state index < -0.39 is 18.0 Å². The predicted molar refractivity (Wildman–Crippen MR) is 143 cm³/mol. The smallest absolute Gasteiger partial charge is 0.255 e. The zero-order valence-corrected chi connectivity index (χ0v) is 22.5. The van der Waals surface area contributed by atoms with Gasteiger partial charge in [-0.1, -0.05) is 24.3 Å². The first-order chi connectivity index (χ1) is 18.7. The van der Waals surface area contributed by atoms with Crippen molar-refractivity contribution >= 4 is 29.5 Å². The second-order valence-electron chi connectivity index (χ2n) is 10.0. The van der Waals surface area contributed by atoms with Crippen molar-refractivity contribution in [3.05, 3.63) is 64.2 Å². The molecule has 206 valence electrons. The Bertz CT molecular complexity index is 1310.